The molecule has 0 aliphatic heterocycles. The summed E-state index contributed by atoms with van der Waals surface area (Å²) in [4.78, 5) is 16.0. The summed E-state index contributed by atoms with van der Waals surface area (Å²) in [6.45, 7) is 0. The van der Waals surface area contributed by atoms with Crippen LogP contribution in [0, 0.1) is 11.6 Å². The van der Waals surface area contributed by atoms with E-state index in [1.54, 1.807) is 0 Å². The fraction of sp³-hybridized carbons (Fsp3) is 0. The first-order chi connectivity index (χ1) is 9.66. The van der Waals surface area contributed by atoms with Crippen LogP contribution in [0.4, 0.5) is 14.5 Å². The molecule has 0 aliphatic carbocycles. The number of halogens is 2. The highest BCUT2D eigenvalue weighted by atomic mass is 19.1. The molecule has 0 radical (unpaired) electrons. The van der Waals surface area contributed by atoms with Crippen LogP contribution in [-0.4, -0.2) is 21.1 Å². The second kappa shape index (κ2) is 4.69. The van der Waals surface area contributed by atoms with Crippen molar-refractivity contribution in [2.24, 2.45) is 0 Å². The van der Waals surface area contributed by atoms with Crippen molar-refractivity contribution in [1.82, 2.24) is 15.2 Å². The third-order valence-corrected chi connectivity index (χ3v) is 2.79. The predicted molar refractivity (Wildman–Crippen MR) is 68.2 cm³/mol. The lowest BCUT2D eigenvalue weighted by Gasteiger charge is -2.07. The van der Waals surface area contributed by atoms with Crippen molar-refractivity contribution in [2.75, 3.05) is 5.32 Å². The summed E-state index contributed by atoms with van der Waals surface area (Å²) in [5, 5.41) is 9.43. The lowest BCUT2D eigenvalue weighted by atomic mass is 10.1. The van der Waals surface area contributed by atoms with Crippen LogP contribution in [0.2, 0.25) is 0 Å². The first-order valence-electron chi connectivity index (χ1n) is 5.70. The molecule has 0 fully saturated rings. The lowest BCUT2D eigenvalue weighted by molar-refractivity contribution is 0.101. The number of aromatic amines is 1. The molecular weight excluding hydrogens is 266 g/mol. The molecule has 0 atom stereocenters. The molecule has 5 nitrogen and oxygen atoms in total. The van der Waals surface area contributed by atoms with E-state index in [0.29, 0.717) is 16.7 Å². The second-order valence-electron chi connectivity index (χ2n) is 4.04. The highest BCUT2D eigenvalue weighted by Crippen LogP contribution is 2.21. The SMILES string of the molecule is O=C(Nc1ccnc2[nH]ncc12)c1c(F)cccc1F. The quantitative estimate of drug-likeness (QED) is 0.754. The van der Waals surface area contributed by atoms with E-state index < -0.39 is 23.1 Å². The van der Waals surface area contributed by atoms with E-state index in [1.807, 2.05) is 0 Å². The third kappa shape index (κ3) is 1.99. The number of hydrogen-bond acceptors (Lipinski definition) is 3. The normalized spacial score (nSPS) is 10.7. The highest BCUT2D eigenvalue weighted by Gasteiger charge is 2.18. The molecule has 2 aromatic heterocycles. The molecule has 0 saturated carbocycles. The van der Waals surface area contributed by atoms with Gasteiger partial charge in [0.2, 0.25) is 0 Å². The van der Waals surface area contributed by atoms with Crippen LogP contribution >= 0.6 is 0 Å². The molecule has 7 heteroatoms. The Labute approximate surface area is 111 Å². The number of anilines is 1. The van der Waals surface area contributed by atoms with Gasteiger partial charge >= 0.3 is 0 Å². The molecule has 3 rings (SSSR count). The Balaban J connectivity index is 1.99. The molecule has 3 aromatic rings. The van der Waals surface area contributed by atoms with Gasteiger partial charge in [0, 0.05) is 6.20 Å². The largest absolute Gasteiger partial charge is 0.321 e. The topological polar surface area (TPSA) is 70.7 Å². The average molecular weight is 274 g/mol. The zero-order valence-electron chi connectivity index (χ0n) is 10.0. The summed E-state index contributed by atoms with van der Waals surface area (Å²) in [5.74, 6) is -2.70. The van der Waals surface area contributed by atoms with Gasteiger partial charge in [-0.3, -0.25) is 9.89 Å². The lowest BCUT2D eigenvalue weighted by Crippen LogP contribution is -2.16. The number of aromatic nitrogens is 3. The maximum Gasteiger partial charge on any atom is 0.261 e. The summed E-state index contributed by atoms with van der Waals surface area (Å²) in [6.07, 6.45) is 2.92. The minimum atomic E-state index is -0.917. The third-order valence-electron chi connectivity index (χ3n) is 2.79. The van der Waals surface area contributed by atoms with E-state index >= 15 is 0 Å². The zero-order valence-corrected chi connectivity index (χ0v) is 10.0. The molecule has 2 heterocycles. The standard InChI is InChI=1S/C13H8F2N4O/c14-8-2-1-3-9(15)11(8)13(20)18-10-4-5-16-12-7(10)6-17-19-12/h1-6H,(H2,16,17,18,19,20). The van der Waals surface area contributed by atoms with Gasteiger partial charge in [0.15, 0.2) is 5.65 Å². The Bertz CT molecular complexity index is 780. The Hall–Kier alpha value is -2.83. The monoisotopic (exact) mass is 274 g/mol. The molecule has 0 spiro atoms. The first-order valence-corrected chi connectivity index (χ1v) is 5.70. The number of rotatable bonds is 2. The van der Waals surface area contributed by atoms with E-state index in [9.17, 15) is 13.6 Å². The number of fused-ring (bicyclic) bond motifs is 1. The second-order valence-corrected chi connectivity index (χ2v) is 4.04. The summed E-state index contributed by atoms with van der Waals surface area (Å²) < 4.78 is 27.1. The molecule has 0 saturated heterocycles. The van der Waals surface area contributed by atoms with Gasteiger partial charge in [-0.1, -0.05) is 6.07 Å². The minimum absolute atomic E-state index is 0.372. The molecule has 0 aliphatic rings. The Morgan fingerprint density at radius 1 is 1.20 bits per heavy atom. The van der Waals surface area contributed by atoms with Crippen molar-refractivity contribution in [3.63, 3.8) is 0 Å². The molecule has 0 bridgehead atoms. The Kier molecular flexibility index (Phi) is 2.86. The van der Waals surface area contributed by atoms with Gasteiger partial charge < -0.3 is 5.32 Å². The number of pyridine rings is 1. The van der Waals surface area contributed by atoms with Crippen LogP contribution < -0.4 is 5.32 Å². The molecular formula is C13H8F2N4O. The number of nitrogens with one attached hydrogen (secondary N) is 2. The van der Waals surface area contributed by atoms with Gasteiger partial charge in [0.25, 0.3) is 5.91 Å². The van der Waals surface area contributed by atoms with Crippen molar-refractivity contribution in [1.29, 1.82) is 0 Å². The number of benzene rings is 1. The van der Waals surface area contributed by atoms with E-state index in [-0.39, 0.29) is 0 Å². The zero-order chi connectivity index (χ0) is 14.1. The van der Waals surface area contributed by atoms with Crippen LogP contribution in [0.1, 0.15) is 10.4 Å². The number of carbonyl (C=O) groups is 1. The number of carbonyl (C=O) groups excluding carboxylic acids is 1. The summed E-state index contributed by atoms with van der Waals surface area (Å²) in [5.41, 5.74) is 0.217. The van der Waals surface area contributed by atoms with Crippen LogP contribution in [0.25, 0.3) is 11.0 Å². The van der Waals surface area contributed by atoms with Crippen LogP contribution in [0.15, 0.2) is 36.7 Å². The summed E-state index contributed by atoms with van der Waals surface area (Å²) in [6, 6.07) is 4.77. The minimum Gasteiger partial charge on any atom is -0.321 e. The Morgan fingerprint density at radius 2 is 1.95 bits per heavy atom. The van der Waals surface area contributed by atoms with Gasteiger partial charge in [0.05, 0.1) is 17.3 Å². The predicted octanol–water partition coefficient (Wildman–Crippen LogP) is 2.49. The van der Waals surface area contributed by atoms with E-state index in [4.69, 9.17) is 0 Å². The molecule has 1 amide bonds. The number of nitrogens with zero attached hydrogens (tertiary/aromatic N) is 2. The highest BCUT2D eigenvalue weighted by molar-refractivity contribution is 6.08. The van der Waals surface area contributed by atoms with Crippen molar-refractivity contribution in [2.45, 2.75) is 0 Å². The molecule has 100 valence electrons. The molecule has 2 N–H and O–H groups in total. The van der Waals surface area contributed by atoms with Crippen LogP contribution in [-0.2, 0) is 0 Å². The molecule has 0 unspecified atom stereocenters. The number of H-pyrrole nitrogens is 1. The van der Waals surface area contributed by atoms with Gasteiger partial charge in [-0.15, -0.1) is 0 Å². The average Bonchev–Trinajstić information content (AvgIpc) is 2.88. The smallest absolute Gasteiger partial charge is 0.261 e. The Morgan fingerprint density at radius 3 is 2.70 bits per heavy atom. The maximum absolute atomic E-state index is 13.5. The van der Waals surface area contributed by atoms with Gasteiger partial charge in [0.1, 0.15) is 17.2 Å². The first kappa shape index (κ1) is 12.2. The maximum atomic E-state index is 13.5. The van der Waals surface area contributed by atoms with Crippen molar-refractivity contribution >= 4 is 22.6 Å². The van der Waals surface area contributed by atoms with Gasteiger partial charge in [-0.2, -0.15) is 5.10 Å². The van der Waals surface area contributed by atoms with Crippen molar-refractivity contribution in [3.8, 4) is 0 Å². The molecule has 20 heavy (non-hydrogen) atoms. The van der Waals surface area contributed by atoms with Crippen molar-refractivity contribution in [3.05, 3.63) is 53.9 Å². The van der Waals surface area contributed by atoms with Gasteiger partial charge in [-0.25, -0.2) is 13.8 Å². The van der Waals surface area contributed by atoms with E-state index in [2.05, 4.69) is 20.5 Å². The number of hydrogen-bond donors (Lipinski definition) is 2. The van der Waals surface area contributed by atoms with E-state index in [0.717, 1.165) is 12.1 Å². The fourth-order valence-electron chi connectivity index (χ4n) is 1.86. The van der Waals surface area contributed by atoms with Crippen molar-refractivity contribution < 1.29 is 13.6 Å². The summed E-state index contributed by atoms with van der Waals surface area (Å²) >= 11 is 0. The van der Waals surface area contributed by atoms with E-state index in [1.165, 1.54) is 24.5 Å². The molecule has 1 aromatic carbocycles. The van der Waals surface area contributed by atoms with Gasteiger partial charge in [-0.05, 0) is 18.2 Å². The number of amides is 1. The summed E-state index contributed by atoms with van der Waals surface area (Å²) in [7, 11) is 0. The van der Waals surface area contributed by atoms with Crippen LogP contribution in [0.3, 0.4) is 0 Å². The fourth-order valence-corrected chi connectivity index (χ4v) is 1.86. The van der Waals surface area contributed by atoms with Crippen LogP contribution in [0.5, 0.6) is 0 Å².